The Kier molecular flexibility index (Phi) is 7.99. The molecule has 0 unspecified atom stereocenters. The average molecular weight is 520 g/mol. The summed E-state index contributed by atoms with van der Waals surface area (Å²) in [4.78, 5) is 12.9. The van der Waals surface area contributed by atoms with Gasteiger partial charge in [-0.3, -0.25) is 4.79 Å². The van der Waals surface area contributed by atoms with Crippen LogP contribution in [0.25, 0.3) is 0 Å². The van der Waals surface area contributed by atoms with Crippen LogP contribution in [0.2, 0.25) is 15.1 Å². The molecule has 0 aliphatic carbocycles. The number of halogens is 3. The van der Waals surface area contributed by atoms with Gasteiger partial charge >= 0.3 is 0 Å². The van der Waals surface area contributed by atoms with Crippen LogP contribution in [0.15, 0.2) is 35.2 Å². The molecule has 1 saturated heterocycles. The first kappa shape index (κ1) is 25.1. The quantitative estimate of drug-likeness (QED) is 0.488. The number of sulfonamides is 1. The molecule has 2 aromatic rings. The summed E-state index contributed by atoms with van der Waals surface area (Å²) >= 11 is 18.1. The van der Waals surface area contributed by atoms with Gasteiger partial charge in [-0.15, -0.1) is 0 Å². The summed E-state index contributed by atoms with van der Waals surface area (Å²) in [5.41, 5.74) is 1.29. The van der Waals surface area contributed by atoms with Gasteiger partial charge in [0.2, 0.25) is 15.9 Å². The maximum absolute atomic E-state index is 13.3. The Morgan fingerprint density at radius 2 is 1.69 bits per heavy atom. The number of carbonyl (C=O) groups is 1. The van der Waals surface area contributed by atoms with Crippen molar-refractivity contribution in [2.24, 2.45) is 5.92 Å². The van der Waals surface area contributed by atoms with Gasteiger partial charge in [0.1, 0.15) is 10.6 Å². The van der Waals surface area contributed by atoms with Crippen LogP contribution < -0.4 is 10.1 Å². The molecule has 0 saturated carbocycles. The SMILES string of the molecule is COc1ccc(C(C)C)cc1S(=O)(=O)N1CCC(C(=O)Nc2cc(Cl)c(Cl)cc2Cl)CC1. The van der Waals surface area contributed by atoms with Gasteiger partial charge in [-0.1, -0.05) is 54.7 Å². The fraction of sp³-hybridized carbons (Fsp3) is 0.409. The predicted molar refractivity (Wildman–Crippen MR) is 129 cm³/mol. The van der Waals surface area contributed by atoms with Crippen molar-refractivity contribution in [1.82, 2.24) is 4.31 Å². The van der Waals surface area contributed by atoms with Gasteiger partial charge in [0.05, 0.1) is 27.9 Å². The molecule has 1 fully saturated rings. The van der Waals surface area contributed by atoms with Crippen molar-refractivity contribution in [2.75, 3.05) is 25.5 Å². The number of rotatable bonds is 6. The van der Waals surface area contributed by atoms with Crippen LogP contribution in [0.3, 0.4) is 0 Å². The van der Waals surface area contributed by atoms with Gasteiger partial charge in [-0.25, -0.2) is 8.42 Å². The largest absolute Gasteiger partial charge is 0.495 e. The number of nitrogens with zero attached hydrogens (tertiary/aromatic N) is 1. The van der Waals surface area contributed by atoms with E-state index in [2.05, 4.69) is 5.32 Å². The molecule has 1 heterocycles. The Labute approximate surface area is 203 Å². The van der Waals surface area contributed by atoms with E-state index in [0.29, 0.717) is 29.3 Å². The summed E-state index contributed by atoms with van der Waals surface area (Å²) < 4.78 is 33.4. The van der Waals surface area contributed by atoms with Gasteiger partial charge in [0.25, 0.3) is 0 Å². The number of ether oxygens (including phenoxy) is 1. The first-order valence-electron chi connectivity index (χ1n) is 10.2. The highest BCUT2D eigenvalue weighted by Gasteiger charge is 2.34. The number of anilines is 1. The molecule has 3 rings (SSSR count). The molecule has 1 amide bonds. The smallest absolute Gasteiger partial charge is 0.246 e. The normalized spacial score (nSPS) is 15.7. The first-order chi connectivity index (χ1) is 15.0. The van der Waals surface area contributed by atoms with Crippen LogP contribution in [0, 0.1) is 5.92 Å². The van der Waals surface area contributed by atoms with Crippen molar-refractivity contribution < 1.29 is 17.9 Å². The van der Waals surface area contributed by atoms with Gasteiger partial charge in [-0.2, -0.15) is 4.31 Å². The third-order valence-electron chi connectivity index (χ3n) is 5.56. The van der Waals surface area contributed by atoms with E-state index in [-0.39, 0.29) is 45.8 Å². The Balaban J connectivity index is 1.72. The van der Waals surface area contributed by atoms with Crippen LogP contribution in [-0.2, 0) is 14.8 Å². The van der Waals surface area contributed by atoms with Crippen LogP contribution >= 0.6 is 34.8 Å². The van der Waals surface area contributed by atoms with E-state index in [1.807, 2.05) is 19.9 Å². The van der Waals surface area contributed by atoms with Gasteiger partial charge < -0.3 is 10.1 Å². The minimum Gasteiger partial charge on any atom is -0.495 e. The lowest BCUT2D eigenvalue weighted by Crippen LogP contribution is -2.41. The molecule has 0 spiro atoms. The number of methoxy groups -OCH3 is 1. The molecule has 0 radical (unpaired) electrons. The van der Waals surface area contributed by atoms with E-state index in [9.17, 15) is 13.2 Å². The van der Waals surface area contributed by atoms with Gasteiger partial charge in [0.15, 0.2) is 0 Å². The van der Waals surface area contributed by atoms with Gasteiger partial charge in [-0.05, 0) is 48.6 Å². The summed E-state index contributed by atoms with van der Waals surface area (Å²) in [6.45, 7) is 4.46. The minimum absolute atomic E-state index is 0.150. The van der Waals surface area contributed by atoms with E-state index in [0.717, 1.165) is 5.56 Å². The summed E-state index contributed by atoms with van der Waals surface area (Å²) in [6, 6.07) is 8.19. The van der Waals surface area contributed by atoms with Crippen molar-refractivity contribution in [3.8, 4) is 5.75 Å². The van der Waals surface area contributed by atoms with E-state index in [4.69, 9.17) is 39.5 Å². The molecule has 174 valence electrons. The van der Waals surface area contributed by atoms with Crippen LogP contribution in [0.4, 0.5) is 5.69 Å². The van der Waals surface area contributed by atoms with E-state index in [1.165, 1.54) is 23.5 Å². The highest BCUT2D eigenvalue weighted by Crippen LogP contribution is 2.34. The highest BCUT2D eigenvalue weighted by atomic mass is 35.5. The van der Waals surface area contributed by atoms with Crippen molar-refractivity contribution in [1.29, 1.82) is 0 Å². The molecule has 1 aliphatic rings. The maximum atomic E-state index is 13.3. The van der Waals surface area contributed by atoms with E-state index >= 15 is 0 Å². The van der Waals surface area contributed by atoms with Crippen molar-refractivity contribution in [3.63, 3.8) is 0 Å². The first-order valence-corrected chi connectivity index (χ1v) is 12.8. The summed E-state index contributed by atoms with van der Waals surface area (Å²) in [7, 11) is -2.31. The zero-order valence-electron chi connectivity index (χ0n) is 18.0. The molecule has 0 aromatic heterocycles. The average Bonchev–Trinajstić information content (AvgIpc) is 2.76. The molecule has 0 atom stereocenters. The van der Waals surface area contributed by atoms with Crippen LogP contribution in [-0.4, -0.2) is 38.8 Å². The second kappa shape index (κ2) is 10.2. The fourth-order valence-corrected chi connectivity index (χ4v) is 5.86. The van der Waals surface area contributed by atoms with Crippen molar-refractivity contribution in [3.05, 3.63) is 51.0 Å². The topological polar surface area (TPSA) is 75.7 Å². The van der Waals surface area contributed by atoms with Gasteiger partial charge in [0, 0.05) is 19.0 Å². The lowest BCUT2D eigenvalue weighted by molar-refractivity contribution is -0.120. The maximum Gasteiger partial charge on any atom is 0.246 e. The molecular weight excluding hydrogens is 495 g/mol. The third-order valence-corrected chi connectivity index (χ3v) is 8.52. The second-order valence-electron chi connectivity index (χ2n) is 7.98. The lowest BCUT2D eigenvalue weighted by Gasteiger charge is -2.31. The van der Waals surface area contributed by atoms with E-state index < -0.39 is 10.0 Å². The molecule has 1 N–H and O–H groups in total. The molecule has 32 heavy (non-hydrogen) atoms. The predicted octanol–water partition coefficient (Wildman–Crippen LogP) is 5.82. The fourth-order valence-electron chi connectivity index (χ4n) is 3.60. The zero-order valence-corrected chi connectivity index (χ0v) is 21.1. The Bertz CT molecular complexity index is 1110. The second-order valence-corrected chi connectivity index (χ2v) is 11.1. The number of amides is 1. The lowest BCUT2D eigenvalue weighted by atomic mass is 9.97. The molecule has 6 nitrogen and oxygen atoms in total. The number of benzene rings is 2. The highest BCUT2D eigenvalue weighted by molar-refractivity contribution is 7.89. The monoisotopic (exact) mass is 518 g/mol. The minimum atomic E-state index is -3.76. The zero-order chi connectivity index (χ0) is 23.6. The Hall–Kier alpha value is -1.51. The Morgan fingerprint density at radius 3 is 2.28 bits per heavy atom. The number of nitrogens with one attached hydrogen (secondary N) is 1. The number of carbonyl (C=O) groups excluding carboxylic acids is 1. The van der Waals surface area contributed by atoms with E-state index in [1.54, 1.807) is 12.1 Å². The number of hydrogen-bond acceptors (Lipinski definition) is 4. The summed E-state index contributed by atoms with van der Waals surface area (Å²) in [6.07, 6.45) is 0.770. The number of hydrogen-bond donors (Lipinski definition) is 1. The van der Waals surface area contributed by atoms with Crippen molar-refractivity contribution in [2.45, 2.75) is 37.5 Å². The summed E-state index contributed by atoms with van der Waals surface area (Å²) in [5.74, 6) is -0.0985. The third kappa shape index (κ3) is 5.34. The van der Waals surface area contributed by atoms with Crippen LogP contribution in [0.5, 0.6) is 5.75 Å². The molecular formula is C22H25Cl3N2O4S. The molecule has 2 aromatic carbocycles. The summed E-state index contributed by atoms with van der Waals surface area (Å²) in [5, 5.41) is 3.63. The molecule has 0 bridgehead atoms. The molecule has 10 heteroatoms. The van der Waals surface area contributed by atoms with Crippen LogP contribution in [0.1, 0.15) is 38.2 Å². The standard InChI is InChI=1S/C22H25Cl3N2O4S/c1-13(2)15-4-5-20(31-3)21(10-15)32(29,30)27-8-6-14(7-9-27)22(28)26-19-12-17(24)16(23)11-18(19)25/h4-5,10-14H,6-9H2,1-3H3,(H,26,28). The Morgan fingerprint density at radius 1 is 1.06 bits per heavy atom. The van der Waals surface area contributed by atoms with Crippen molar-refractivity contribution >= 4 is 56.4 Å². The number of piperidine rings is 1. The molecule has 1 aliphatic heterocycles.